The number of hydrogen-bond donors (Lipinski definition) is 1. The summed E-state index contributed by atoms with van der Waals surface area (Å²) >= 11 is 0. The Labute approximate surface area is 136 Å². The zero-order chi connectivity index (χ0) is 17.7. The molecular weight excluding hydrogens is 323 g/mol. The van der Waals surface area contributed by atoms with Gasteiger partial charge in [-0.15, -0.1) is 0 Å². The lowest BCUT2D eigenvalue weighted by atomic mass is 10.1. The van der Waals surface area contributed by atoms with Crippen molar-refractivity contribution >= 4 is 11.9 Å². The first-order valence-corrected chi connectivity index (χ1v) is 6.99. The largest absolute Gasteiger partial charge is 0.467 e. The monoisotopic (exact) mass is 337 g/mol. The second kappa shape index (κ2) is 7.63. The maximum Gasteiger partial charge on any atom is 0.328 e. The molecule has 0 unspecified atom stereocenters. The summed E-state index contributed by atoms with van der Waals surface area (Å²) in [7, 11) is 1.13. The first kappa shape index (κ1) is 17.5. The number of benzene rings is 2. The molecule has 1 amide bonds. The summed E-state index contributed by atoms with van der Waals surface area (Å²) in [5.74, 6) is -5.79. The van der Waals surface area contributed by atoms with Crippen LogP contribution in [0.4, 0.5) is 13.2 Å². The lowest BCUT2D eigenvalue weighted by molar-refractivity contribution is -0.142. The summed E-state index contributed by atoms with van der Waals surface area (Å²) in [4.78, 5) is 23.9. The zero-order valence-electron chi connectivity index (χ0n) is 12.7. The van der Waals surface area contributed by atoms with Gasteiger partial charge in [0.1, 0.15) is 29.1 Å². The van der Waals surface area contributed by atoms with Gasteiger partial charge in [0, 0.05) is 18.6 Å². The molecule has 0 aliphatic rings. The number of hydrogen-bond acceptors (Lipinski definition) is 3. The fraction of sp³-hybridized carbons (Fsp3) is 0.176. The summed E-state index contributed by atoms with van der Waals surface area (Å²) in [6, 6.07) is 8.34. The number of methoxy groups -OCH3 is 1. The Bertz CT molecular complexity index is 727. The Hall–Kier alpha value is -2.83. The van der Waals surface area contributed by atoms with Gasteiger partial charge < -0.3 is 10.1 Å². The van der Waals surface area contributed by atoms with Crippen LogP contribution in [0.1, 0.15) is 15.9 Å². The van der Waals surface area contributed by atoms with Crippen LogP contribution in [-0.4, -0.2) is 25.0 Å². The number of ether oxygens (including phenoxy) is 1. The fourth-order valence-electron chi connectivity index (χ4n) is 2.17. The molecule has 0 radical (unpaired) electrons. The molecular formula is C17H14F3NO3. The summed E-state index contributed by atoms with van der Waals surface area (Å²) < 4.78 is 44.8. The van der Waals surface area contributed by atoms with Crippen LogP contribution in [0.3, 0.4) is 0 Å². The molecule has 4 nitrogen and oxygen atoms in total. The molecule has 0 aliphatic carbocycles. The van der Waals surface area contributed by atoms with Gasteiger partial charge in [-0.05, 0) is 5.56 Å². The maximum atomic E-state index is 13.7. The molecule has 7 heteroatoms. The van der Waals surface area contributed by atoms with E-state index in [-0.39, 0.29) is 6.42 Å². The van der Waals surface area contributed by atoms with E-state index < -0.39 is 40.9 Å². The van der Waals surface area contributed by atoms with Crippen LogP contribution in [0, 0.1) is 17.5 Å². The molecule has 0 bridgehead atoms. The highest BCUT2D eigenvalue weighted by molar-refractivity contribution is 5.97. The average Bonchev–Trinajstić information content (AvgIpc) is 2.53. The van der Waals surface area contributed by atoms with Crippen LogP contribution in [0.2, 0.25) is 0 Å². The predicted octanol–water partition coefficient (Wildman–Crippen LogP) is 2.62. The van der Waals surface area contributed by atoms with Crippen LogP contribution < -0.4 is 5.32 Å². The van der Waals surface area contributed by atoms with Crippen LogP contribution in [0.15, 0.2) is 42.5 Å². The van der Waals surface area contributed by atoms with E-state index >= 15 is 0 Å². The average molecular weight is 337 g/mol. The summed E-state index contributed by atoms with van der Waals surface area (Å²) in [5.41, 5.74) is -0.244. The highest BCUT2D eigenvalue weighted by Crippen LogP contribution is 2.15. The first-order chi connectivity index (χ1) is 11.4. The normalized spacial score (nSPS) is 11.7. The molecule has 1 N–H and O–H groups in total. The second-order valence-electron chi connectivity index (χ2n) is 4.98. The quantitative estimate of drug-likeness (QED) is 0.854. The molecule has 1 atom stereocenters. The van der Waals surface area contributed by atoms with Gasteiger partial charge in [-0.3, -0.25) is 4.79 Å². The number of halogens is 3. The number of carbonyl (C=O) groups is 2. The topological polar surface area (TPSA) is 55.4 Å². The Morgan fingerprint density at radius 3 is 2.21 bits per heavy atom. The molecule has 0 heterocycles. The van der Waals surface area contributed by atoms with E-state index in [2.05, 4.69) is 10.1 Å². The summed E-state index contributed by atoms with van der Waals surface area (Å²) in [5, 5.41) is 2.22. The number of carbonyl (C=O) groups excluding carboxylic acids is 2. The lowest BCUT2D eigenvalue weighted by Gasteiger charge is -2.17. The van der Waals surface area contributed by atoms with Gasteiger partial charge in [0.05, 0.1) is 7.11 Å². The van der Waals surface area contributed by atoms with Crippen molar-refractivity contribution in [1.29, 1.82) is 0 Å². The standard InChI is InChI=1S/C17H14F3NO3/c1-24-17(23)14(7-10-5-3-2-4-6-10)21-16(22)15-12(19)8-11(18)9-13(15)20/h2-6,8-9,14H,7H2,1H3,(H,21,22)/t14-/m0/s1. The Morgan fingerprint density at radius 1 is 1.08 bits per heavy atom. The first-order valence-electron chi connectivity index (χ1n) is 6.99. The van der Waals surface area contributed by atoms with Gasteiger partial charge in [0.15, 0.2) is 0 Å². The third-order valence-corrected chi connectivity index (χ3v) is 3.31. The Kier molecular flexibility index (Phi) is 5.57. The van der Waals surface area contributed by atoms with E-state index in [1.807, 2.05) is 0 Å². The smallest absolute Gasteiger partial charge is 0.328 e. The molecule has 126 valence electrons. The third kappa shape index (κ3) is 4.13. The molecule has 0 spiro atoms. The molecule has 0 fully saturated rings. The molecule has 0 aliphatic heterocycles. The molecule has 2 rings (SSSR count). The van der Waals surface area contributed by atoms with Crippen molar-refractivity contribution in [2.45, 2.75) is 12.5 Å². The van der Waals surface area contributed by atoms with Crippen molar-refractivity contribution in [1.82, 2.24) is 5.32 Å². The predicted molar refractivity (Wildman–Crippen MR) is 79.7 cm³/mol. The van der Waals surface area contributed by atoms with Crippen LogP contribution in [0.25, 0.3) is 0 Å². The van der Waals surface area contributed by atoms with Crippen LogP contribution in [0.5, 0.6) is 0 Å². The van der Waals surface area contributed by atoms with E-state index in [1.165, 1.54) is 0 Å². The highest BCUT2D eigenvalue weighted by Gasteiger charge is 2.26. The molecule has 24 heavy (non-hydrogen) atoms. The summed E-state index contributed by atoms with van der Waals surface area (Å²) in [6.07, 6.45) is 0.0731. The minimum Gasteiger partial charge on any atom is -0.467 e. The van der Waals surface area contributed by atoms with E-state index in [9.17, 15) is 22.8 Å². The van der Waals surface area contributed by atoms with Gasteiger partial charge in [0.2, 0.25) is 0 Å². The zero-order valence-corrected chi connectivity index (χ0v) is 12.7. The van der Waals surface area contributed by atoms with Gasteiger partial charge in [-0.25, -0.2) is 18.0 Å². The number of esters is 1. The minimum absolute atomic E-state index is 0.0731. The number of amides is 1. The van der Waals surface area contributed by atoms with Crippen LogP contribution >= 0.6 is 0 Å². The van der Waals surface area contributed by atoms with E-state index in [4.69, 9.17) is 0 Å². The van der Waals surface area contributed by atoms with Crippen molar-refractivity contribution in [2.75, 3.05) is 7.11 Å². The van der Waals surface area contributed by atoms with Gasteiger partial charge in [0.25, 0.3) is 5.91 Å². The van der Waals surface area contributed by atoms with E-state index in [1.54, 1.807) is 30.3 Å². The molecule has 0 aromatic heterocycles. The molecule has 2 aromatic carbocycles. The Morgan fingerprint density at radius 2 is 1.67 bits per heavy atom. The Balaban J connectivity index is 2.23. The van der Waals surface area contributed by atoms with E-state index in [0.29, 0.717) is 17.7 Å². The molecule has 0 saturated carbocycles. The highest BCUT2D eigenvalue weighted by atomic mass is 19.1. The van der Waals surface area contributed by atoms with E-state index in [0.717, 1.165) is 7.11 Å². The van der Waals surface area contributed by atoms with Crippen molar-refractivity contribution in [3.63, 3.8) is 0 Å². The second-order valence-corrected chi connectivity index (χ2v) is 4.98. The minimum atomic E-state index is -1.35. The van der Waals surface area contributed by atoms with Crippen molar-refractivity contribution in [3.05, 3.63) is 71.0 Å². The SMILES string of the molecule is COC(=O)[C@H](Cc1ccccc1)NC(=O)c1c(F)cc(F)cc1F. The molecule has 0 saturated heterocycles. The summed E-state index contributed by atoms with van der Waals surface area (Å²) in [6.45, 7) is 0. The van der Waals surface area contributed by atoms with Gasteiger partial charge in [-0.2, -0.15) is 0 Å². The number of rotatable bonds is 5. The van der Waals surface area contributed by atoms with Gasteiger partial charge in [-0.1, -0.05) is 30.3 Å². The maximum absolute atomic E-state index is 13.7. The van der Waals surface area contributed by atoms with Crippen molar-refractivity contribution in [2.24, 2.45) is 0 Å². The lowest BCUT2D eigenvalue weighted by Crippen LogP contribution is -2.43. The third-order valence-electron chi connectivity index (χ3n) is 3.31. The molecule has 2 aromatic rings. The van der Waals surface area contributed by atoms with Gasteiger partial charge >= 0.3 is 5.97 Å². The van der Waals surface area contributed by atoms with Crippen molar-refractivity contribution in [3.8, 4) is 0 Å². The fourth-order valence-corrected chi connectivity index (χ4v) is 2.17. The van der Waals surface area contributed by atoms with Crippen molar-refractivity contribution < 1.29 is 27.5 Å². The van der Waals surface area contributed by atoms with Crippen LogP contribution in [-0.2, 0) is 16.0 Å². The number of nitrogens with one attached hydrogen (secondary N) is 1.